The van der Waals surface area contributed by atoms with Gasteiger partial charge in [0.1, 0.15) is 11.7 Å². The molecule has 2 N–H and O–H groups in total. The Bertz CT molecular complexity index is 825. The number of methoxy groups -OCH3 is 1. The average Bonchev–Trinajstić information content (AvgIpc) is 3.15. The largest absolute Gasteiger partial charge is 0.497 e. The van der Waals surface area contributed by atoms with Crippen molar-refractivity contribution in [3.63, 3.8) is 0 Å². The SMILES string of the molecule is COc1ccc([C@H](CC(=O)c2cccs2)C2C(=O)NC(=O)NC2=O)cc1. The van der Waals surface area contributed by atoms with E-state index in [9.17, 15) is 19.2 Å². The number of carbonyl (C=O) groups is 4. The Balaban J connectivity index is 1.94. The number of urea groups is 1. The van der Waals surface area contributed by atoms with Crippen molar-refractivity contribution >= 4 is 35.0 Å². The number of hydrogen-bond donors (Lipinski definition) is 2. The molecule has 1 saturated heterocycles. The highest BCUT2D eigenvalue weighted by atomic mass is 32.1. The van der Waals surface area contributed by atoms with Crippen molar-refractivity contribution in [1.82, 2.24) is 10.6 Å². The third-order valence-corrected chi connectivity index (χ3v) is 5.10. The molecule has 1 aliphatic heterocycles. The first kappa shape index (κ1) is 17.8. The number of carbonyl (C=O) groups excluding carboxylic acids is 4. The second kappa shape index (κ2) is 7.49. The lowest BCUT2D eigenvalue weighted by Gasteiger charge is -2.28. The summed E-state index contributed by atoms with van der Waals surface area (Å²) in [5.74, 6) is -2.85. The van der Waals surface area contributed by atoms with Gasteiger partial charge in [0.25, 0.3) is 0 Å². The molecule has 0 aliphatic carbocycles. The second-order valence-electron chi connectivity index (χ2n) is 5.77. The van der Waals surface area contributed by atoms with E-state index in [4.69, 9.17) is 4.74 Å². The summed E-state index contributed by atoms with van der Waals surface area (Å²) in [6.07, 6.45) is -0.0352. The van der Waals surface area contributed by atoms with Crippen LogP contribution in [0.25, 0.3) is 0 Å². The maximum atomic E-state index is 12.6. The van der Waals surface area contributed by atoms with Gasteiger partial charge in [-0.05, 0) is 29.1 Å². The van der Waals surface area contributed by atoms with Crippen LogP contribution in [0.2, 0.25) is 0 Å². The summed E-state index contributed by atoms with van der Waals surface area (Å²) in [5.41, 5.74) is 0.639. The molecule has 1 aromatic carbocycles. The van der Waals surface area contributed by atoms with Crippen molar-refractivity contribution in [3.05, 3.63) is 52.2 Å². The number of amides is 4. The highest BCUT2D eigenvalue weighted by Crippen LogP contribution is 2.33. The summed E-state index contributed by atoms with van der Waals surface area (Å²) in [6, 6.07) is 9.42. The van der Waals surface area contributed by atoms with Gasteiger partial charge >= 0.3 is 6.03 Å². The van der Waals surface area contributed by atoms with Gasteiger partial charge in [-0.1, -0.05) is 18.2 Å². The van der Waals surface area contributed by atoms with E-state index in [-0.39, 0.29) is 12.2 Å². The molecule has 1 fully saturated rings. The zero-order chi connectivity index (χ0) is 18.7. The van der Waals surface area contributed by atoms with Crippen LogP contribution in [0.3, 0.4) is 0 Å². The van der Waals surface area contributed by atoms with Crippen molar-refractivity contribution in [2.45, 2.75) is 12.3 Å². The molecule has 0 spiro atoms. The van der Waals surface area contributed by atoms with Crippen LogP contribution in [0.5, 0.6) is 5.75 Å². The van der Waals surface area contributed by atoms with E-state index in [0.29, 0.717) is 16.2 Å². The average molecular weight is 372 g/mol. The van der Waals surface area contributed by atoms with Gasteiger partial charge < -0.3 is 4.74 Å². The zero-order valence-corrected chi connectivity index (χ0v) is 14.7. The zero-order valence-electron chi connectivity index (χ0n) is 13.9. The van der Waals surface area contributed by atoms with Crippen molar-refractivity contribution in [1.29, 1.82) is 0 Å². The minimum absolute atomic E-state index is 0.0352. The standard InChI is InChI=1S/C18H16N2O5S/c1-25-11-6-4-10(5-7-11)12(9-13(21)14-3-2-8-26-14)15-16(22)19-18(24)20-17(15)23/h2-8,12,15H,9H2,1H3,(H2,19,20,22,23,24)/t12-/m0/s1. The predicted octanol–water partition coefficient (Wildman–Crippen LogP) is 2.10. The van der Waals surface area contributed by atoms with Gasteiger partial charge in [-0.25, -0.2) is 4.79 Å². The van der Waals surface area contributed by atoms with Gasteiger partial charge in [-0.3, -0.25) is 25.0 Å². The lowest BCUT2D eigenvalue weighted by molar-refractivity contribution is -0.136. The smallest absolute Gasteiger partial charge is 0.328 e. The van der Waals surface area contributed by atoms with Gasteiger partial charge in [0.05, 0.1) is 12.0 Å². The number of thiophene rings is 1. The summed E-state index contributed by atoms with van der Waals surface area (Å²) >= 11 is 1.30. The minimum Gasteiger partial charge on any atom is -0.497 e. The van der Waals surface area contributed by atoms with Crippen LogP contribution in [-0.4, -0.2) is 30.7 Å². The van der Waals surface area contributed by atoms with Crippen molar-refractivity contribution in [2.24, 2.45) is 5.92 Å². The lowest BCUT2D eigenvalue weighted by atomic mass is 9.80. The van der Waals surface area contributed by atoms with Crippen molar-refractivity contribution in [2.75, 3.05) is 7.11 Å². The Morgan fingerprint density at radius 1 is 1.12 bits per heavy atom. The van der Waals surface area contributed by atoms with Crippen LogP contribution in [-0.2, 0) is 9.59 Å². The third kappa shape index (κ3) is 3.65. The molecule has 4 amide bonds. The molecule has 2 heterocycles. The molecular weight excluding hydrogens is 356 g/mol. The molecule has 7 nitrogen and oxygen atoms in total. The maximum absolute atomic E-state index is 12.6. The van der Waals surface area contributed by atoms with Crippen LogP contribution < -0.4 is 15.4 Å². The first-order valence-corrected chi connectivity index (χ1v) is 8.74. The molecule has 134 valence electrons. The normalized spacial score (nSPS) is 16.0. The van der Waals surface area contributed by atoms with Crippen molar-refractivity contribution < 1.29 is 23.9 Å². The summed E-state index contributed by atoms with van der Waals surface area (Å²) in [7, 11) is 1.53. The number of imide groups is 2. The molecule has 0 saturated carbocycles. The van der Waals surface area contributed by atoms with E-state index in [0.717, 1.165) is 0 Å². The van der Waals surface area contributed by atoms with Gasteiger partial charge in [0, 0.05) is 12.3 Å². The van der Waals surface area contributed by atoms with E-state index in [1.165, 1.54) is 18.4 Å². The highest BCUT2D eigenvalue weighted by Gasteiger charge is 2.41. The molecule has 3 rings (SSSR count). The van der Waals surface area contributed by atoms with Gasteiger partial charge in [0.15, 0.2) is 5.78 Å². The first-order valence-electron chi connectivity index (χ1n) is 7.86. The fourth-order valence-corrected chi connectivity index (χ4v) is 3.59. The maximum Gasteiger partial charge on any atom is 0.328 e. The molecule has 0 bridgehead atoms. The molecule has 1 atom stereocenters. The number of rotatable bonds is 6. The van der Waals surface area contributed by atoms with Crippen LogP contribution >= 0.6 is 11.3 Å². The molecule has 1 aromatic heterocycles. The molecule has 0 radical (unpaired) electrons. The monoisotopic (exact) mass is 372 g/mol. The quantitative estimate of drug-likeness (QED) is 0.597. The van der Waals surface area contributed by atoms with Crippen LogP contribution in [0.15, 0.2) is 41.8 Å². The molecular formula is C18H16N2O5S. The van der Waals surface area contributed by atoms with E-state index < -0.39 is 29.7 Å². The fraction of sp³-hybridized carbons (Fsp3) is 0.222. The summed E-state index contributed by atoms with van der Waals surface area (Å²) in [4.78, 5) is 49.1. The van der Waals surface area contributed by atoms with Crippen LogP contribution in [0.1, 0.15) is 27.6 Å². The predicted molar refractivity (Wildman–Crippen MR) is 94.2 cm³/mol. The Kier molecular flexibility index (Phi) is 5.13. The lowest BCUT2D eigenvalue weighted by Crippen LogP contribution is -2.57. The number of barbiturate groups is 1. The van der Waals surface area contributed by atoms with E-state index in [1.807, 2.05) is 0 Å². The van der Waals surface area contributed by atoms with Crippen LogP contribution in [0.4, 0.5) is 4.79 Å². The Morgan fingerprint density at radius 3 is 2.31 bits per heavy atom. The molecule has 0 unspecified atom stereocenters. The third-order valence-electron chi connectivity index (χ3n) is 4.19. The second-order valence-corrected chi connectivity index (χ2v) is 6.72. The van der Waals surface area contributed by atoms with E-state index >= 15 is 0 Å². The number of hydrogen-bond acceptors (Lipinski definition) is 6. The first-order chi connectivity index (χ1) is 12.5. The molecule has 1 aliphatic rings. The Morgan fingerprint density at radius 2 is 1.77 bits per heavy atom. The molecule has 26 heavy (non-hydrogen) atoms. The summed E-state index contributed by atoms with van der Waals surface area (Å²) < 4.78 is 5.12. The molecule has 8 heteroatoms. The Labute approximate surface area is 153 Å². The molecule has 2 aromatic rings. The minimum atomic E-state index is -1.18. The Hall–Kier alpha value is -3.00. The van der Waals surface area contributed by atoms with Gasteiger partial charge in [-0.15, -0.1) is 11.3 Å². The number of Topliss-reactive ketones (excluding diaryl/α,β-unsaturated/α-hetero) is 1. The van der Waals surface area contributed by atoms with Gasteiger partial charge in [-0.2, -0.15) is 0 Å². The topological polar surface area (TPSA) is 102 Å². The number of ketones is 1. The number of benzene rings is 1. The summed E-state index contributed by atoms with van der Waals surface area (Å²) in [6.45, 7) is 0. The summed E-state index contributed by atoms with van der Waals surface area (Å²) in [5, 5.41) is 5.98. The van der Waals surface area contributed by atoms with E-state index in [1.54, 1.807) is 41.8 Å². The van der Waals surface area contributed by atoms with Gasteiger partial charge in [0.2, 0.25) is 11.8 Å². The number of ether oxygens (including phenoxy) is 1. The number of nitrogens with one attached hydrogen (secondary N) is 2. The highest BCUT2D eigenvalue weighted by molar-refractivity contribution is 7.12. The van der Waals surface area contributed by atoms with Crippen LogP contribution in [0, 0.1) is 5.92 Å². The van der Waals surface area contributed by atoms with E-state index in [2.05, 4.69) is 10.6 Å². The fourth-order valence-electron chi connectivity index (χ4n) is 2.91. The van der Waals surface area contributed by atoms with Crippen molar-refractivity contribution in [3.8, 4) is 5.75 Å².